The van der Waals surface area contributed by atoms with Crippen LogP contribution in [-0.4, -0.2) is 43.3 Å². The van der Waals surface area contributed by atoms with E-state index in [-0.39, 0.29) is 6.54 Å². The largest absolute Gasteiger partial charge is 0.390 e. The average Bonchev–Trinajstić information content (AvgIpc) is 2.89. The average molecular weight is 250 g/mol. The Labute approximate surface area is 101 Å². The van der Waals surface area contributed by atoms with Gasteiger partial charge in [-0.2, -0.15) is 13.2 Å². The van der Waals surface area contributed by atoms with E-state index in [1.165, 1.54) is 12.8 Å². The first-order valence-corrected chi connectivity index (χ1v) is 6.55. The monoisotopic (exact) mass is 250 g/mol. The number of halogens is 3. The fraction of sp³-hybridized carbons (Fsp3) is 1.00. The van der Waals surface area contributed by atoms with Crippen LogP contribution in [0.2, 0.25) is 0 Å². The highest BCUT2D eigenvalue weighted by Gasteiger charge is 2.31. The van der Waals surface area contributed by atoms with E-state index in [0.717, 1.165) is 32.5 Å². The standard InChI is InChI=1S/C12H21F3N2/c13-12(14,15)5-7-17(8-10-3-4-10)9-11-2-1-6-16-11/h10-11,16H,1-9H2. The Morgan fingerprint density at radius 1 is 1.12 bits per heavy atom. The molecule has 2 fully saturated rings. The molecule has 5 heteroatoms. The molecule has 1 heterocycles. The highest BCUT2D eigenvalue weighted by molar-refractivity contribution is 4.82. The number of rotatable bonds is 6. The van der Waals surface area contributed by atoms with Crippen LogP contribution in [0.3, 0.4) is 0 Å². The molecule has 1 aliphatic heterocycles. The third-order valence-electron chi connectivity index (χ3n) is 3.57. The topological polar surface area (TPSA) is 15.3 Å². The fourth-order valence-electron chi connectivity index (χ4n) is 2.43. The van der Waals surface area contributed by atoms with Gasteiger partial charge in [0.15, 0.2) is 0 Å². The molecule has 0 aromatic rings. The number of hydrogen-bond donors (Lipinski definition) is 1. The lowest BCUT2D eigenvalue weighted by molar-refractivity contribution is -0.138. The molecule has 2 nitrogen and oxygen atoms in total. The first-order valence-electron chi connectivity index (χ1n) is 6.55. The van der Waals surface area contributed by atoms with Crippen LogP contribution in [0.5, 0.6) is 0 Å². The second-order valence-corrected chi connectivity index (χ2v) is 5.36. The molecule has 17 heavy (non-hydrogen) atoms. The van der Waals surface area contributed by atoms with Crippen molar-refractivity contribution in [2.24, 2.45) is 5.92 Å². The molecule has 100 valence electrons. The van der Waals surface area contributed by atoms with Crippen molar-refractivity contribution in [1.82, 2.24) is 10.2 Å². The Bertz CT molecular complexity index is 232. The van der Waals surface area contributed by atoms with Gasteiger partial charge in [0.1, 0.15) is 0 Å². The Morgan fingerprint density at radius 2 is 1.88 bits per heavy atom. The summed E-state index contributed by atoms with van der Waals surface area (Å²) in [5, 5.41) is 3.35. The lowest BCUT2D eigenvalue weighted by Crippen LogP contribution is -2.40. The van der Waals surface area contributed by atoms with Gasteiger partial charge in [0.05, 0.1) is 6.42 Å². The van der Waals surface area contributed by atoms with Crippen LogP contribution in [0.4, 0.5) is 13.2 Å². The van der Waals surface area contributed by atoms with Crippen LogP contribution in [0.1, 0.15) is 32.1 Å². The lowest BCUT2D eigenvalue weighted by Gasteiger charge is -2.26. The van der Waals surface area contributed by atoms with Crippen molar-refractivity contribution >= 4 is 0 Å². The van der Waals surface area contributed by atoms with Crippen molar-refractivity contribution < 1.29 is 13.2 Å². The predicted octanol–water partition coefficient (Wildman–Crippen LogP) is 2.40. The molecule has 0 bridgehead atoms. The highest BCUT2D eigenvalue weighted by atomic mass is 19.4. The number of nitrogens with one attached hydrogen (secondary N) is 1. The second kappa shape index (κ2) is 5.57. The van der Waals surface area contributed by atoms with Crippen molar-refractivity contribution in [3.05, 3.63) is 0 Å². The summed E-state index contributed by atoms with van der Waals surface area (Å²) in [6, 6.07) is 0.405. The van der Waals surface area contributed by atoms with E-state index in [9.17, 15) is 13.2 Å². The summed E-state index contributed by atoms with van der Waals surface area (Å²) in [4.78, 5) is 2.01. The van der Waals surface area contributed by atoms with E-state index in [0.29, 0.717) is 12.0 Å². The maximum absolute atomic E-state index is 12.2. The molecule has 2 aliphatic rings. The van der Waals surface area contributed by atoms with Crippen molar-refractivity contribution in [1.29, 1.82) is 0 Å². The number of hydrogen-bond acceptors (Lipinski definition) is 2. The van der Waals surface area contributed by atoms with Crippen LogP contribution in [0.25, 0.3) is 0 Å². The minimum Gasteiger partial charge on any atom is -0.313 e. The Balaban J connectivity index is 1.74. The van der Waals surface area contributed by atoms with Crippen LogP contribution in [0, 0.1) is 5.92 Å². The second-order valence-electron chi connectivity index (χ2n) is 5.36. The molecule has 0 radical (unpaired) electrons. The van der Waals surface area contributed by atoms with Crippen molar-refractivity contribution in [2.75, 3.05) is 26.2 Å². The SMILES string of the molecule is FC(F)(F)CCN(CC1CC1)CC1CCCN1. The molecule has 1 N–H and O–H groups in total. The van der Waals surface area contributed by atoms with E-state index in [2.05, 4.69) is 5.32 Å². The zero-order valence-corrected chi connectivity index (χ0v) is 10.1. The van der Waals surface area contributed by atoms with Gasteiger partial charge in [0, 0.05) is 25.7 Å². The van der Waals surface area contributed by atoms with E-state index in [4.69, 9.17) is 0 Å². The maximum Gasteiger partial charge on any atom is 0.390 e. The molecule has 1 unspecified atom stereocenters. The van der Waals surface area contributed by atoms with E-state index in [1.807, 2.05) is 4.90 Å². The van der Waals surface area contributed by atoms with Gasteiger partial charge in [-0.1, -0.05) is 0 Å². The normalized spacial score (nSPS) is 25.8. The summed E-state index contributed by atoms with van der Waals surface area (Å²) in [7, 11) is 0. The highest BCUT2D eigenvalue weighted by Crippen LogP contribution is 2.30. The first kappa shape index (κ1) is 13.1. The molecule has 0 amide bonds. The Kier molecular flexibility index (Phi) is 4.31. The van der Waals surface area contributed by atoms with Gasteiger partial charge in [-0.15, -0.1) is 0 Å². The van der Waals surface area contributed by atoms with Crippen LogP contribution in [-0.2, 0) is 0 Å². The summed E-state index contributed by atoms with van der Waals surface area (Å²) in [6.07, 6.45) is -0.0486. The molecule has 1 saturated heterocycles. The predicted molar refractivity (Wildman–Crippen MR) is 60.9 cm³/mol. The molecular weight excluding hydrogens is 229 g/mol. The van der Waals surface area contributed by atoms with Crippen molar-refractivity contribution in [3.63, 3.8) is 0 Å². The summed E-state index contributed by atoms with van der Waals surface area (Å²) >= 11 is 0. The minimum atomic E-state index is -4.02. The molecular formula is C12H21F3N2. The zero-order valence-electron chi connectivity index (χ0n) is 10.1. The third-order valence-corrected chi connectivity index (χ3v) is 3.57. The minimum absolute atomic E-state index is 0.165. The Morgan fingerprint density at radius 3 is 2.41 bits per heavy atom. The molecule has 0 spiro atoms. The van der Waals surface area contributed by atoms with Crippen molar-refractivity contribution in [3.8, 4) is 0 Å². The van der Waals surface area contributed by atoms with Crippen LogP contribution >= 0.6 is 0 Å². The first-order chi connectivity index (χ1) is 8.03. The lowest BCUT2D eigenvalue weighted by atomic mass is 10.2. The number of alkyl halides is 3. The van der Waals surface area contributed by atoms with E-state index in [1.54, 1.807) is 0 Å². The quantitative estimate of drug-likeness (QED) is 0.778. The molecule has 2 rings (SSSR count). The van der Waals surface area contributed by atoms with Gasteiger partial charge in [-0.05, 0) is 38.1 Å². The van der Waals surface area contributed by atoms with Gasteiger partial charge in [0.2, 0.25) is 0 Å². The summed E-state index contributed by atoms with van der Waals surface area (Å²) in [6.45, 7) is 2.82. The van der Waals surface area contributed by atoms with Gasteiger partial charge in [-0.3, -0.25) is 0 Å². The van der Waals surface area contributed by atoms with Crippen molar-refractivity contribution in [2.45, 2.75) is 44.3 Å². The van der Waals surface area contributed by atoms with Gasteiger partial charge in [0.25, 0.3) is 0 Å². The molecule has 1 aliphatic carbocycles. The summed E-state index contributed by atoms with van der Waals surface area (Å²) in [5.41, 5.74) is 0. The fourth-order valence-corrected chi connectivity index (χ4v) is 2.43. The molecule has 1 atom stereocenters. The molecule has 1 saturated carbocycles. The van der Waals surface area contributed by atoms with Gasteiger partial charge in [-0.25, -0.2) is 0 Å². The van der Waals surface area contributed by atoms with E-state index >= 15 is 0 Å². The maximum atomic E-state index is 12.2. The Hall–Kier alpha value is -0.290. The zero-order chi connectivity index (χ0) is 12.3. The van der Waals surface area contributed by atoms with E-state index < -0.39 is 12.6 Å². The van der Waals surface area contributed by atoms with Crippen LogP contribution < -0.4 is 5.32 Å². The molecule has 0 aromatic heterocycles. The third kappa shape index (κ3) is 5.25. The van der Waals surface area contributed by atoms with Gasteiger partial charge >= 0.3 is 6.18 Å². The smallest absolute Gasteiger partial charge is 0.313 e. The van der Waals surface area contributed by atoms with Gasteiger partial charge < -0.3 is 10.2 Å². The molecule has 0 aromatic carbocycles. The van der Waals surface area contributed by atoms with Crippen LogP contribution in [0.15, 0.2) is 0 Å². The number of nitrogens with zero attached hydrogens (tertiary/aromatic N) is 1. The summed E-state index contributed by atoms with van der Waals surface area (Å²) < 4.78 is 36.7. The summed E-state index contributed by atoms with van der Waals surface area (Å²) in [5.74, 6) is 0.657.